The first-order valence-electron chi connectivity index (χ1n) is 6.28. The molecule has 18 heavy (non-hydrogen) atoms. The van der Waals surface area contributed by atoms with E-state index in [0.717, 1.165) is 18.7 Å². The molecule has 1 atom stereocenters. The van der Waals surface area contributed by atoms with Gasteiger partial charge in [-0.3, -0.25) is 15.0 Å². The fourth-order valence-electron chi connectivity index (χ4n) is 2.05. The lowest BCUT2D eigenvalue weighted by atomic mass is 9.98. The molecule has 0 spiro atoms. The summed E-state index contributed by atoms with van der Waals surface area (Å²) in [7, 11) is 0. The molecule has 1 unspecified atom stereocenters. The predicted molar refractivity (Wildman–Crippen MR) is 71.2 cm³/mol. The number of nitrogens with zero attached hydrogens (tertiary/aromatic N) is 3. The SMILES string of the molecule is CCNC(c1cnccn1)c1ccncc1CC. The highest BCUT2D eigenvalue weighted by Gasteiger charge is 2.17. The molecule has 0 aliphatic heterocycles. The largest absolute Gasteiger partial charge is 0.305 e. The molecule has 1 N–H and O–H groups in total. The van der Waals surface area contributed by atoms with Gasteiger partial charge in [-0.05, 0) is 30.2 Å². The first-order chi connectivity index (χ1) is 8.86. The van der Waals surface area contributed by atoms with Crippen LogP contribution in [0.3, 0.4) is 0 Å². The van der Waals surface area contributed by atoms with Gasteiger partial charge in [-0.15, -0.1) is 0 Å². The number of nitrogens with one attached hydrogen (secondary N) is 1. The van der Waals surface area contributed by atoms with Crippen LogP contribution < -0.4 is 5.32 Å². The highest BCUT2D eigenvalue weighted by Crippen LogP contribution is 2.22. The Morgan fingerprint density at radius 1 is 1.11 bits per heavy atom. The molecule has 0 aromatic carbocycles. The molecule has 0 bridgehead atoms. The van der Waals surface area contributed by atoms with Gasteiger partial charge < -0.3 is 5.32 Å². The topological polar surface area (TPSA) is 50.7 Å². The van der Waals surface area contributed by atoms with E-state index in [1.165, 1.54) is 11.1 Å². The molecule has 0 aliphatic rings. The van der Waals surface area contributed by atoms with Crippen LogP contribution in [-0.4, -0.2) is 21.5 Å². The van der Waals surface area contributed by atoms with Crippen molar-refractivity contribution in [3.05, 3.63) is 53.9 Å². The highest BCUT2D eigenvalue weighted by atomic mass is 14.9. The molecular formula is C14H18N4. The van der Waals surface area contributed by atoms with E-state index >= 15 is 0 Å². The quantitative estimate of drug-likeness (QED) is 0.872. The van der Waals surface area contributed by atoms with Gasteiger partial charge in [0.05, 0.1) is 17.9 Å². The van der Waals surface area contributed by atoms with Crippen LogP contribution in [0, 0.1) is 0 Å². The van der Waals surface area contributed by atoms with E-state index < -0.39 is 0 Å². The van der Waals surface area contributed by atoms with Crippen LogP contribution in [-0.2, 0) is 6.42 Å². The van der Waals surface area contributed by atoms with Gasteiger partial charge in [-0.1, -0.05) is 13.8 Å². The lowest BCUT2D eigenvalue weighted by Crippen LogP contribution is -2.24. The van der Waals surface area contributed by atoms with Crippen LogP contribution in [0.15, 0.2) is 37.1 Å². The van der Waals surface area contributed by atoms with Gasteiger partial charge >= 0.3 is 0 Å². The molecule has 94 valence electrons. The number of pyridine rings is 1. The van der Waals surface area contributed by atoms with Gasteiger partial charge in [0.1, 0.15) is 0 Å². The van der Waals surface area contributed by atoms with Gasteiger partial charge in [0.2, 0.25) is 0 Å². The third-order valence-electron chi connectivity index (χ3n) is 2.92. The summed E-state index contributed by atoms with van der Waals surface area (Å²) in [5.41, 5.74) is 3.42. The van der Waals surface area contributed by atoms with Crippen molar-refractivity contribution >= 4 is 0 Å². The summed E-state index contributed by atoms with van der Waals surface area (Å²) in [5, 5.41) is 3.46. The minimum absolute atomic E-state index is 0.0849. The van der Waals surface area contributed by atoms with Gasteiger partial charge in [-0.2, -0.15) is 0 Å². The van der Waals surface area contributed by atoms with Crippen LogP contribution in [0.5, 0.6) is 0 Å². The lowest BCUT2D eigenvalue weighted by Gasteiger charge is -2.19. The Bertz CT molecular complexity index is 484. The van der Waals surface area contributed by atoms with E-state index in [4.69, 9.17) is 0 Å². The summed E-state index contributed by atoms with van der Waals surface area (Å²) in [6.07, 6.45) is 9.95. The zero-order valence-corrected chi connectivity index (χ0v) is 10.8. The molecule has 0 aliphatic carbocycles. The van der Waals surface area contributed by atoms with Crippen molar-refractivity contribution in [1.82, 2.24) is 20.3 Å². The van der Waals surface area contributed by atoms with Crippen LogP contribution in [0.4, 0.5) is 0 Å². The average molecular weight is 242 g/mol. The highest BCUT2D eigenvalue weighted by molar-refractivity contribution is 5.32. The zero-order chi connectivity index (χ0) is 12.8. The molecule has 0 amide bonds. The summed E-state index contributed by atoms with van der Waals surface area (Å²) >= 11 is 0. The van der Waals surface area contributed by atoms with Gasteiger partial charge in [0.15, 0.2) is 0 Å². The van der Waals surface area contributed by atoms with Crippen molar-refractivity contribution in [2.45, 2.75) is 26.3 Å². The number of aromatic nitrogens is 3. The number of hydrogen-bond acceptors (Lipinski definition) is 4. The minimum atomic E-state index is 0.0849. The predicted octanol–water partition coefficient (Wildman–Crippen LogP) is 2.13. The van der Waals surface area contributed by atoms with E-state index in [1.807, 2.05) is 18.6 Å². The van der Waals surface area contributed by atoms with E-state index in [9.17, 15) is 0 Å². The third-order valence-corrected chi connectivity index (χ3v) is 2.92. The number of aryl methyl sites for hydroxylation is 1. The Labute approximate surface area is 108 Å². The molecule has 4 nitrogen and oxygen atoms in total. The number of hydrogen-bond donors (Lipinski definition) is 1. The molecule has 0 saturated heterocycles. The van der Waals surface area contributed by atoms with Gasteiger partial charge in [0.25, 0.3) is 0 Å². The average Bonchev–Trinajstić information content (AvgIpc) is 2.46. The maximum Gasteiger partial charge on any atom is 0.0801 e. The van der Waals surface area contributed by atoms with E-state index in [1.54, 1.807) is 12.4 Å². The molecule has 2 heterocycles. The fraction of sp³-hybridized carbons (Fsp3) is 0.357. The minimum Gasteiger partial charge on any atom is -0.305 e. The molecule has 4 heteroatoms. The second-order valence-electron chi connectivity index (χ2n) is 4.05. The third kappa shape index (κ3) is 2.71. The summed E-state index contributed by atoms with van der Waals surface area (Å²) in [6.45, 7) is 5.11. The summed E-state index contributed by atoms with van der Waals surface area (Å²) in [6, 6.07) is 2.14. The van der Waals surface area contributed by atoms with Crippen molar-refractivity contribution in [3.63, 3.8) is 0 Å². The molecule has 0 radical (unpaired) electrons. The Hall–Kier alpha value is -1.81. The zero-order valence-electron chi connectivity index (χ0n) is 10.8. The summed E-state index contributed by atoms with van der Waals surface area (Å²) in [5.74, 6) is 0. The monoisotopic (exact) mass is 242 g/mol. The maximum atomic E-state index is 4.40. The smallest absolute Gasteiger partial charge is 0.0801 e. The summed E-state index contributed by atoms with van der Waals surface area (Å²) < 4.78 is 0. The van der Waals surface area contributed by atoms with Gasteiger partial charge in [-0.25, -0.2) is 0 Å². The second kappa shape index (κ2) is 6.21. The Kier molecular flexibility index (Phi) is 4.36. The molecule has 2 aromatic rings. The van der Waals surface area contributed by atoms with Crippen molar-refractivity contribution < 1.29 is 0 Å². The van der Waals surface area contributed by atoms with E-state index in [-0.39, 0.29) is 6.04 Å². The second-order valence-corrected chi connectivity index (χ2v) is 4.05. The molecule has 2 rings (SSSR count). The Morgan fingerprint density at radius 3 is 2.61 bits per heavy atom. The van der Waals surface area contributed by atoms with Crippen LogP contribution in [0.25, 0.3) is 0 Å². The molecule has 0 saturated carbocycles. The first-order valence-corrected chi connectivity index (χ1v) is 6.28. The Balaban J connectivity index is 2.41. The van der Waals surface area contributed by atoms with Gasteiger partial charge in [0, 0.05) is 24.8 Å². The van der Waals surface area contributed by atoms with Crippen molar-refractivity contribution in [2.75, 3.05) is 6.54 Å². The first kappa shape index (κ1) is 12.6. The molecular weight excluding hydrogens is 224 g/mol. The van der Waals surface area contributed by atoms with Crippen LogP contribution >= 0.6 is 0 Å². The lowest BCUT2D eigenvalue weighted by molar-refractivity contribution is 0.607. The summed E-state index contributed by atoms with van der Waals surface area (Å²) in [4.78, 5) is 12.7. The molecule has 2 aromatic heterocycles. The maximum absolute atomic E-state index is 4.40. The van der Waals surface area contributed by atoms with Crippen LogP contribution in [0.1, 0.15) is 36.7 Å². The number of rotatable bonds is 5. The van der Waals surface area contributed by atoms with Crippen LogP contribution in [0.2, 0.25) is 0 Å². The van der Waals surface area contributed by atoms with E-state index in [0.29, 0.717) is 0 Å². The fourth-order valence-corrected chi connectivity index (χ4v) is 2.05. The van der Waals surface area contributed by atoms with Crippen molar-refractivity contribution in [3.8, 4) is 0 Å². The van der Waals surface area contributed by atoms with Crippen molar-refractivity contribution in [2.24, 2.45) is 0 Å². The normalized spacial score (nSPS) is 12.3. The Morgan fingerprint density at radius 2 is 1.94 bits per heavy atom. The molecule has 0 fully saturated rings. The van der Waals surface area contributed by atoms with Crippen molar-refractivity contribution in [1.29, 1.82) is 0 Å². The standard InChI is InChI=1S/C14H18N4/c1-3-11-9-15-6-5-12(11)14(17-4-2)13-10-16-7-8-18-13/h5-10,14,17H,3-4H2,1-2H3. The van der Waals surface area contributed by atoms with E-state index in [2.05, 4.69) is 40.2 Å².